The Labute approximate surface area is 194 Å². The smallest absolute Gasteiger partial charge is 0.314 e. The fourth-order valence-electron chi connectivity index (χ4n) is 6.61. The van der Waals surface area contributed by atoms with Gasteiger partial charge in [-0.25, -0.2) is 0 Å². The summed E-state index contributed by atoms with van der Waals surface area (Å²) in [4.78, 5) is 13.1. The van der Waals surface area contributed by atoms with Crippen LogP contribution >= 0.6 is 0 Å². The summed E-state index contributed by atoms with van der Waals surface area (Å²) in [5, 5.41) is 0. The Morgan fingerprint density at radius 3 is 2.38 bits per heavy atom. The molecular formula is C29H40O3. The largest absolute Gasteiger partial charge is 0.490 e. The molecule has 4 atom stereocenters. The van der Waals surface area contributed by atoms with E-state index in [2.05, 4.69) is 12.7 Å². The monoisotopic (exact) mass is 436 g/mol. The number of benzene rings is 1. The van der Waals surface area contributed by atoms with E-state index in [-0.39, 0.29) is 11.9 Å². The molecule has 0 aromatic heterocycles. The zero-order valence-corrected chi connectivity index (χ0v) is 19.7. The average molecular weight is 437 g/mol. The van der Waals surface area contributed by atoms with Gasteiger partial charge in [-0.2, -0.15) is 0 Å². The SMILES string of the molecule is C=CC1CCC(C2CCC3C(CCCC3C(=O)Oc3ccc(OC/C=C/C)cc3)C2)CC1. The molecular weight excluding hydrogens is 396 g/mol. The summed E-state index contributed by atoms with van der Waals surface area (Å²) in [6, 6.07) is 7.45. The van der Waals surface area contributed by atoms with E-state index in [1.807, 2.05) is 43.3 Å². The topological polar surface area (TPSA) is 35.5 Å². The molecule has 0 aliphatic heterocycles. The number of carbonyl (C=O) groups is 1. The van der Waals surface area contributed by atoms with Gasteiger partial charge in [0.15, 0.2) is 0 Å². The first-order valence-electron chi connectivity index (χ1n) is 12.9. The molecule has 0 N–H and O–H groups in total. The van der Waals surface area contributed by atoms with Crippen LogP contribution in [0, 0.1) is 35.5 Å². The Hall–Kier alpha value is -2.03. The lowest BCUT2D eigenvalue weighted by Crippen LogP contribution is -2.40. The summed E-state index contributed by atoms with van der Waals surface area (Å²) < 4.78 is 11.5. The molecule has 1 aromatic carbocycles. The molecule has 3 saturated carbocycles. The molecule has 0 heterocycles. The van der Waals surface area contributed by atoms with Gasteiger partial charge < -0.3 is 9.47 Å². The lowest BCUT2D eigenvalue weighted by atomic mass is 9.59. The van der Waals surface area contributed by atoms with Crippen molar-refractivity contribution in [3.8, 4) is 11.5 Å². The normalized spacial score (nSPS) is 32.8. The van der Waals surface area contributed by atoms with Crippen LogP contribution in [0.1, 0.15) is 71.1 Å². The minimum Gasteiger partial charge on any atom is -0.490 e. The molecule has 1 aromatic rings. The predicted octanol–water partition coefficient (Wildman–Crippen LogP) is 7.37. The highest BCUT2D eigenvalue weighted by atomic mass is 16.5. The van der Waals surface area contributed by atoms with Gasteiger partial charge in [0.25, 0.3) is 0 Å². The molecule has 174 valence electrons. The minimum atomic E-state index is -0.0211. The van der Waals surface area contributed by atoms with E-state index in [1.54, 1.807) is 0 Å². The fraction of sp³-hybridized carbons (Fsp3) is 0.621. The molecule has 0 radical (unpaired) electrons. The maximum absolute atomic E-state index is 13.1. The van der Waals surface area contributed by atoms with Gasteiger partial charge in [-0.05, 0) is 112 Å². The van der Waals surface area contributed by atoms with Crippen molar-refractivity contribution in [3.63, 3.8) is 0 Å². The maximum Gasteiger partial charge on any atom is 0.314 e. The molecule has 3 aliphatic carbocycles. The van der Waals surface area contributed by atoms with Crippen LogP contribution in [0.3, 0.4) is 0 Å². The van der Waals surface area contributed by atoms with Crippen LogP contribution in [-0.2, 0) is 4.79 Å². The molecule has 3 fully saturated rings. The van der Waals surface area contributed by atoms with E-state index in [0.717, 1.165) is 36.3 Å². The number of hydrogen-bond donors (Lipinski definition) is 0. The third kappa shape index (κ3) is 5.66. The predicted molar refractivity (Wildman–Crippen MR) is 130 cm³/mol. The number of allylic oxidation sites excluding steroid dienone is 2. The second-order valence-corrected chi connectivity index (χ2v) is 10.2. The van der Waals surface area contributed by atoms with Crippen molar-refractivity contribution in [3.05, 3.63) is 49.1 Å². The minimum absolute atomic E-state index is 0.0211. The Morgan fingerprint density at radius 1 is 0.938 bits per heavy atom. The van der Waals surface area contributed by atoms with Crippen LogP contribution < -0.4 is 9.47 Å². The van der Waals surface area contributed by atoms with E-state index >= 15 is 0 Å². The summed E-state index contributed by atoms with van der Waals surface area (Å²) in [5.74, 6) is 5.19. The summed E-state index contributed by atoms with van der Waals surface area (Å²) in [6.07, 6.45) is 18.8. The van der Waals surface area contributed by atoms with Crippen LogP contribution in [0.4, 0.5) is 0 Å². The zero-order chi connectivity index (χ0) is 22.3. The van der Waals surface area contributed by atoms with E-state index in [4.69, 9.17) is 9.47 Å². The van der Waals surface area contributed by atoms with E-state index in [1.165, 1.54) is 51.4 Å². The molecule has 0 amide bonds. The summed E-state index contributed by atoms with van der Waals surface area (Å²) in [7, 11) is 0. The van der Waals surface area contributed by atoms with Gasteiger partial charge in [0.2, 0.25) is 0 Å². The van der Waals surface area contributed by atoms with Crippen molar-refractivity contribution in [1.82, 2.24) is 0 Å². The van der Waals surface area contributed by atoms with E-state index in [0.29, 0.717) is 24.2 Å². The third-order valence-corrected chi connectivity index (χ3v) is 8.43. The Bertz CT molecular complexity index is 772. The van der Waals surface area contributed by atoms with Crippen molar-refractivity contribution in [2.45, 2.75) is 71.1 Å². The number of hydrogen-bond acceptors (Lipinski definition) is 3. The molecule has 32 heavy (non-hydrogen) atoms. The van der Waals surface area contributed by atoms with Crippen LogP contribution in [-0.4, -0.2) is 12.6 Å². The Kier molecular flexibility index (Phi) is 8.10. The summed E-state index contributed by atoms with van der Waals surface area (Å²) >= 11 is 0. The van der Waals surface area contributed by atoms with Gasteiger partial charge in [-0.1, -0.05) is 31.1 Å². The molecule has 0 bridgehead atoms. The molecule has 0 spiro atoms. The van der Waals surface area contributed by atoms with Crippen molar-refractivity contribution < 1.29 is 14.3 Å². The zero-order valence-electron chi connectivity index (χ0n) is 19.7. The molecule has 3 heteroatoms. The van der Waals surface area contributed by atoms with Crippen molar-refractivity contribution in [1.29, 1.82) is 0 Å². The van der Waals surface area contributed by atoms with E-state index in [9.17, 15) is 4.79 Å². The first kappa shape index (κ1) is 23.1. The molecule has 0 saturated heterocycles. The van der Waals surface area contributed by atoms with Gasteiger partial charge in [0.1, 0.15) is 18.1 Å². The van der Waals surface area contributed by atoms with Gasteiger partial charge in [-0.3, -0.25) is 4.79 Å². The number of fused-ring (bicyclic) bond motifs is 1. The van der Waals surface area contributed by atoms with Crippen molar-refractivity contribution in [2.75, 3.05) is 6.61 Å². The number of carbonyl (C=O) groups excluding carboxylic acids is 1. The van der Waals surface area contributed by atoms with Crippen molar-refractivity contribution >= 4 is 5.97 Å². The summed E-state index contributed by atoms with van der Waals surface area (Å²) in [5.41, 5.74) is 0. The quantitative estimate of drug-likeness (QED) is 0.254. The fourth-order valence-corrected chi connectivity index (χ4v) is 6.61. The van der Waals surface area contributed by atoms with Crippen LogP contribution in [0.15, 0.2) is 49.1 Å². The second-order valence-electron chi connectivity index (χ2n) is 10.2. The van der Waals surface area contributed by atoms with Gasteiger partial charge in [0, 0.05) is 0 Å². The first-order chi connectivity index (χ1) is 15.7. The van der Waals surface area contributed by atoms with Crippen LogP contribution in [0.25, 0.3) is 0 Å². The maximum atomic E-state index is 13.1. The first-order valence-corrected chi connectivity index (χ1v) is 12.9. The number of ether oxygens (including phenoxy) is 2. The van der Waals surface area contributed by atoms with Gasteiger partial charge in [0.05, 0.1) is 5.92 Å². The highest BCUT2D eigenvalue weighted by molar-refractivity contribution is 5.75. The van der Waals surface area contributed by atoms with E-state index < -0.39 is 0 Å². The number of esters is 1. The number of rotatable bonds is 7. The molecule has 3 nitrogen and oxygen atoms in total. The van der Waals surface area contributed by atoms with Gasteiger partial charge >= 0.3 is 5.97 Å². The van der Waals surface area contributed by atoms with Crippen LogP contribution in [0.2, 0.25) is 0 Å². The highest BCUT2D eigenvalue weighted by Crippen LogP contribution is 2.50. The van der Waals surface area contributed by atoms with Gasteiger partial charge in [-0.15, -0.1) is 6.58 Å². The standard InChI is InChI=1S/C29H40O3/c1-3-5-19-31-25-14-16-26(17-15-25)32-29(30)28-8-6-7-24-20-23(13-18-27(24)28)22-11-9-21(4-2)10-12-22/h3-5,14-17,21-24,27-28H,2,6-13,18-20H2,1H3/b5-3+. The van der Waals surface area contributed by atoms with Crippen LogP contribution in [0.5, 0.6) is 11.5 Å². The molecule has 3 aliphatic rings. The Balaban J connectivity index is 1.30. The molecule has 4 rings (SSSR count). The lowest BCUT2D eigenvalue weighted by molar-refractivity contribution is -0.144. The molecule has 4 unspecified atom stereocenters. The lowest BCUT2D eigenvalue weighted by Gasteiger charge is -2.45. The summed E-state index contributed by atoms with van der Waals surface area (Å²) in [6.45, 7) is 6.53. The highest BCUT2D eigenvalue weighted by Gasteiger charge is 2.43. The Morgan fingerprint density at radius 2 is 1.66 bits per heavy atom. The third-order valence-electron chi connectivity index (χ3n) is 8.43. The second kappa shape index (κ2) is 11.2. The van der Waals surface area contributed by atoms with Crippen molar-refractivity contribution in [2.24, 2.45) is 35.5 Å². The average Bonchev–Trinajstić information content (AvgIpc) is 2.84.